The van der Waals surface area contributed by atoms with Crippen LogP contribution in [0.25, 0.3) is 22.0 Å². The summed E-state index contributed by atoms with van der Waals surface area (Å²) >= 11 is 1.32. The highest BCUT2D eigenvalue weighted by atomic mass is 32.1. The summed E-state index contributed by atoms with van der Waals surface area (Å²) in [5, 5.41) is 20.3. The third kappa shape index (κ3) is 3.45. The molecule has 3 fully saturated rings. The molecule has 32 heavy (non-hydrogen) atoms. The number of fused-ring (bicyclic) bond motifs is 3. The monoisotopic (exact) mass is 457 g/mol. The molecule has 1 aromatic carbocycles. The molecule has 1 saturated carbocycles. The van der Waals surface area contributed by atoms with E-state index in [-0.39, 0.29) is 29.6 Å². The van der Waals surface area contributed by atoms with E-state index < -0.39 is 11.9 Å². The van der Waals surface area contributed by atoms with E-state index in [2.05, 4.69) is 25.1 Å². The van der Waals surface area contributed by atoms with Crippen LogP contribution in [0.3, 0.4) is 0 Å². The second-order valence-electron chi connectivity index (χ2n) is 8.59. The van der Waals surface area contributed by atoms with Gasteiger partial charge in [-0.15, -0.1) is 10.2 Å². The molecule has 168 valence electrons. The Morgan fingerprint density at radius 2 is 2.06 bits per heavy atom. The van der Waals surface area contributed by atoms with Crippen LogP contribution in [0.15, 0.2) is 29.3 Å². The minimum Gasteiger partial charge on any atom is -0.507 e. The molecular formula is C21H24FN7O2S. The van der Waals surface area contributed by atoms with E-state index in [9.17, 15) is 9.90 Å². The first kappa shape index (κ1) is 21.0. The number of benzene rings is 1. The summed E-state index contributed by atoms with van der Waals surface area (Å²) in [5.74, 6) is 0.474. The topological polar surface area (TPSA) is 100 Å². The molecule has 3 aromatic rings. The molecule has 11 heteroatoms. The molecule has 0 amide bonds. The van der Waals surface area contributed by atoms with Crippen LogP contribution in [-0.2, 0) is 7.05 Å². The molecule has 9 nitrogen and oxygen atoms in total. The molecule has 2 bridgehead atoms. The van der Waals surface area contributed by atoms with Gasteiger partial charge in [-0.25, -0.2) is 14.2 Å². The summed E-state index contributed by atoms with van der Waals surface area (Å²) in [7, 11) is 5.44. The zero-order valence-electron chi connectivity index (χ0n) is 18.0. The summed E-state index contributed by atoms with van der Waals surface area (Å²) < 4.78 is 16.5. The minimum atomic E-state index is -0.934. The normalized spacial score (nSPS) is 25.2. The smallest absolute Gasteiger partial charge is 0.350 e. The van der Waals surface area contributed by atoms with Crippen molar-refractivity contribution in [3.05, 3.63) is 35.0 Å². The van der Waals surface area contributed by atoms with Gasteiger partial charge in [-0.05, 0) is 37.9 Å². The lowest BCUT2D eigenvalue weighted by molar-refractivity contribution is -0.0175. The second-order valence-corrected chi connectivity index (χ2v) is 9.54. The lowest BCUT2D eigenvalue weighted by Gasteiger charge is -2.52. The number of aromatic nitrogens is 5. The average Bonchev–Trinajstić information content (AvgIpc) is 3.25. The molecule has 1 N–H and O–H groups in total. The molecule has 3 aliphatic rings. The molecule has 4 atom stereocenters. The SMILES string of the molecule is CN1CC2CCC1[C@@H](F)[C@@H]2N(C)c1nnc(-c2ccc(-c3ncn(C)c(=O)n3)cc2O)s1. The number of rotatable bonds is 4. The molecule has 0 radical (unpaired) electrons. The first-order valence-electron chi connectivity index (χ1n) is 10.5. The van der Waals surface area contributed by atoms with Crippen LogP contribution in [0.2, 0.25) is 0 Å². The zero-order valence-corrected chi connectivity index (χ0v) is 18.8. The van der Waals surface area contributed by atoms with Crippen molar-refractivity contribution in [1.82, 2.24) is 29.6 Å². The summed E-state index contributed by atoms with van der Waals surface area (Å²) in [4.78, 5) is 23.9. The van der Waals surface area contributed by atoms with E-state index >= 15 is 4.39 Å². The fourth-order valence-electron chi connectivity index (χ4n) is 4.87. The average molecular weight is 458 g/mol. The highest BCUT2D eigenvalue weighted by Crippen LogP contribution is 2.42. The standard InChI is InChI=1S/C21H24FN7O2S/c1-27-9-12-5-7-14(27)16(22)17(12)29(3)21-26-25-19(32-21)13-6-4-11(8-15(13)30)18-23-10-28(2)20(31)24-18/h4,6,8,10,12,14,16-17,30H,5,7,9H2,1-3H3/t12?,14?,16-,17-/m1/s1. The summed E-state index contributed by atoms with van der Waals surface area (Å²) in [6.07, 6.45) is 2.36. The van der Waals surface area contributed by atoms with E-state index in [4.69, 9.17) is 0 Å². The predicted molar refractivity (Wildman–Crippen MR) is 120 cm³/mol. The van der Waals surface area contributed by atoms with Crippen molar-refractivity contribution < 1.29 is 9.50 Å². The van der Waals surface area contributed by atoms with Gasteiger partial charge in [-0.1, -0.05) is 17.4 Å². The Morgan fingerprint density at radius 3 is 2.75 bits per heavy atom. The minimum absolute atomic E-state index is 0.0150. The van der Waals surface area contributed by atoms with E-state index in [1.165, 1.54) is 28.3 Å². The number of hydrogen-bond acceptors (Lipinski definition) is 9. The molecule has 2 aliphatic heterocycles. The number of alkyl halides is 1. The predicted octanol–water partition coefficient (Wildman–Crippen LogP) is 1.93. The van der Waals surface area contributed by atoms with E-state index in [1.54, 1.807) is 19.2 Å². The van der Waals surface area contributed by atoms with Crippen molar-refractivity contribution in [1.29, 1.82) is 0 Å². The molecule has 2 saturated heterocycles. The fraction of sp³-hybridized carbons (Fsp3) is 0.476. The van der Waals surface area contributed by atoms with E-state index in [1.807, 2.05) is 19.0 Å². The summed E-state index contributed by atoms with van der Waals surface area (Å²) in [5.41, 5.74) is 0.606. The van der Waals surface area contributed by atoms with Crippen molar-refractivity contribution in [2.45, 2.75) is 31.1 Å². The van der Waals surface area contributed by atoms with Gasteiger partial charge in [-0.2, -0.15) is 4.98 Å². The van der Waals surface area contributed by atoms with E-state index in [0.29, 0.717) is 21.3 Å². The second kappa shape index (κ2) is 7.89. The number of nitrogens with zero attached hydrogens (tertiary/aromatic N) is 7. The van der Waals surface area contributed by atoms with E-state index in [0.717, 1.165) is 19.4 Å². The largest absolute Gasteiger partial charge is 0.507 e. The van der Waals surface area contributed by atoms with Crippen molar-refractivity contribution in [2.75, 3.05) is 25.5 Å². The highest BCUT2D eigenvalue weighted by molar-refractivity contribution is 7.18. The van der Waals surface area contributed by atoms with Gasteiger partial charge in [0.25, 0.3) is 0 Å². The van der Waals surface area contributed by atoms with Crippen molar-refractivity contribution in [2.24, 2.45) is 13.0 Å². The fourth-order valence-corrected chi connectivity index (χ4v) is 5.76. The third-order valence-corrected chi connectivity index (χ3v) is 7.65. The number of phenols is 1. The number of phenolic OH excluding ortho intramolecular Hbond substituents is 1. The Kier molecular flexibility index (Phi) is 5.17. The van der Waals surface area contributed by atoms with Gasteiger partial charge in [0.05, 0.1) is 11.6 Å². The van der Waals surface area contributed by atoms with Crippen LogP contribution >= 0.6 is 11.3 Å². The van der Waals surface area contributed by atoms with Crippen molar-refractivity contribution in [3.8, 4) is 27.7 Å². The number of halogens is 1. The Hall–Kier alpha value is -2.92. The van der Waals surface area contributed by atoms with Crippen LogP contribution in [0.1, 0.15) is 12.8 Å². The number of aryl methyl sites for hydroxylation is 1. The van der Waals surface area contributed by atoms with Crippen LogP contribution in [0.4, 0.5) is 9.52 Å². The van der Waals surface area contributed by atoms with Crippen molar-refractivity contribution >= 4 is 16.5 Å². The Labute approximate surface area is 188 Å². The number of hydrogen-bond donors (Lipinski definition) is 1. The third-order valence-electron chi connectivity index (χ3n) is 6.60. The van der Waals surface area contributed by atoms with Gasteiger partial charge in [0.15, 0.2) is 10.8 Å². The molecule has 4 heterocycles. The molecular weight excluding hydrogens is 433 g/mol. The van der Waals surface area contributed by atoms with Crippen LogP contribution in [0, 0.1) is 5.92 Å². The number of aromatic hydroxyl groups is 1. The Balaban J connectivity index is 1.40. The Morgan fingerprint density at radius 1 is 1.25 bits per heavy atom. The quantitative estimate of drug-likeness (QED) is 0.635. The lowest BCUT2D eigenvalue weighted by atomic mass is 9.74. The molecule has 0 spiro atoms. The van der Waals surface area contributed by atoms with Crippen molar-refractivity contribution in [3.63, 3.8) is 0 Å². The number of piperidine rings is 2. The first-order valence-corrected chi connectivity index (χ1v) is 11.3. The van der Waals surface area contributed by atoms with Gasteiger partial charge in [0, 0.05) is 32.2 Å². The van der Waals surface area contributed by atoms with Gasteiger partial charge in [0.2, 0.25) is 5.13 Å². The van der Waals surface area contributed by atoms with Gasteiger partial charge < -0.3 is 14.9 Å². The zero-order chi connectivity index (χ0) is 22.6. The molecule has 1 aliphatic carbocycles. The van der Waals surface area contributed by atoms with Crippen LogP contribution < -0.4 is 10.6 Å². The number of anilines is 1. The Bertz CT molecular complexity index is 1210. The maximum Gasteiger partial charge on any atom is 0.350 e. The maximum atomic E-state index is 15.2. The molecule has 2 aromatic heterocycles. The maximum absolute atomic E-state index is 15.2. The van der Waals surface area contributed by atoms with Gasteiger partial charge >= 0.3 is 5.69 Å². The first-order chi connectivity index (χ1) is 15.3. The molecule has 2 unspecified atom stereocenters. The summed E-state index contributed by atoms with van der Waals surface area (Å²) in [6.45, 7) is 0.888. The lowest BCUT2D eigenvalue weighted by Crippen LogP contribution is -2.64. The van der Waals surface area contributed by atoms with Crippen LogP contribution in [-0.4, -0.2) is 73.6 Å². The summed E-state index contributed by atoms with van der Waals surface area (Å²) in [6, 6.07) is 4.66. The molecule has 6 rings (SSSR count). The van der Waals surface area contributed by atoms with Crippen LogP contribution in [0.5, 0.6) is 5.75 Å². The van der Waals surface area contributed by atoms with Gasteiger partial charge in [0.1, 0.15) is 18.2 Å². The van der Waals surface area contributed by atoms with Gasteiger partial charge in [-0.3, -0.25) is 4.57 Å². The highest BCUT2D eigenvalue weighted by Gasteiger charge is 2.49.